The molecule has 154 valence electrons. The lowest BCUT2D eigenvalue weighted by atomic mass is 9.78. The topological polar surface area (TPSA) is 66.0 Å². The Labute approximate surface area is 170 Å². The minimum absolute atomic E-state index is 0.278. The first-order valence-corrected chi connectivity index (χ1v) is 10.4. The monoisotopic (exact) mass is 409 g/mol. The number of nitrogens with one attached hydrogen (secondary N) is 1. The van der Waals surface area contributed by atoms with E-state index in [-0.39, 0.29) is 5.92 Å². The summed E-state index contributed by atoms with van der Waals surface area (Å²) in [5.41, 5.74) is 1.12. The molecule has 28 heavy (non-hydrogen) atoms. The molecular formula is C21H28ClNO5. The Balaban J connectivity index is 1.42. The lowest BCUT2D eigenvalue weighted by molar-refractivity contribution is -0.123. The minimum Gasteiger partial charge on any atom is -0.465 e. The molecular weight excluding hydrogens is 382 g/mol. The van der Waals surface area contributed by atoms with Crippen molar-refractivity contribution in [3.05, 3.63) is 22.2 Å². The Morgan fingerprint density at radius 2 is 1.93 bits per heavy atom. The van der Waals surface area contributed by atoms with Gasteiger partial charge in [0, 0.05) is 18.4 Å². The molecule has 0 radical (unpaired) electrons. The van der Waals surface area contributed by atoms with Crippen LogP contribution in [-0.4, -0.2) is 44.7 Å². The van der Waals surface area contributed by atoms with E-state index in [1.165, 1.54) is 7.11 Å². The molecule has 1 aliphatic carbocycles. The van der Waals surface area contributed by atoms with Crippen LogP contribution in [0.2, 0.25) is 5.02 Å². The van der Waals surface area contributed by atoms with Crippen molar-refractivity contribution in [2.75, 3.05) is 26.9 Å². The van der Waals surface area contributed by atoms with Crippen molar-refractivity contribution in [1.82, 2.24) is 5.32 Å². The van der Waals surface area contributed by atoms with Gasteiger partial charge in [-0.2, -0.15) is 0 Å². The average molecular weight is 410 g/mol. The summed E-state index contributed by atoms with van der Waals surface area (Å²) in [5.74, 6) is 0.864. The number of benzene rings is 1. The van der Waals surface area contributed by atoms with E-state index in [0.29, 0.717) is 39.6 Å². The highest BCUT2D eigenvalue weighted by Crippen LogP contribution is 2.51. The summed E-state index contributed by atoms with van der Waals surface area (Å²) in [4.78, 5) is 12.0. The van der Waals surface area contributed by atoms with E-state index in [2.05, 4.69) is 5.32 Å². The van der Waals surface area contributed by atoms with Crippen molar-refractivity contribution in [2.45, 2.75) is 51.4 Å². The Morgan fingerprint density at radius 3 is 2.54 bits per heavy atom. The lowest BCUT2D eigenvalue weighted by Crippen LogP contribution is -2.49. The summed E-state index contributed by atoms with van der Waals surface area (Å²) < 4.78 is 22.6. The van der Waals surface area contributed by atoms with E-state index < -0.39 is 11.8 Å². The molecule has 1 unspecified atom stereocenters. The molecule has 1 saturated heterocycles. The van der Waals surface area contributed by atoms with Gasteiger partial charge in [0.15, 0.2) is 11.5 Å². The predicted octanol–water partition coefficient (Wildman–Crippen LogP) is 3.72. The zero-order chi connectivity index (χ0) is 19.9. The van der Waals surface area contributed by atoms with E-state index >= 15 is 0 Å². The van der Waals surface area contributed by atoms with Gasteiger partial charge in [0.25, 0.3) is 5.79 Å². The number of hydrogen-bond acceptors (Lipinski definition) is 6. The van der Waals surface area contributed by atoms with Crippen LogP contribution in [0.3, 0.4) is 0 Å². The van der Waals surface area contributed by atoms with Crippen LogP contribution >= 0.6 is 11.6 Å². The third-order valence-corrected chi connectivity index (χ3v) is 6.66. The number of carbonyl (C=O) groups excluding carboxylic acids is 1. The van der Waals surface area contributed by atoms with Gasteiger partial charge in [-0.05, 0) is 51.1 Å². The molecule has 0 aromatic heterocycles. The van der Waals surface area contributed by atoms with E-state index in [9.17, 15) is 4.79 Å². The second kappa shape index (κ2) is 7.73. The fourth-order valence-corrected chi connectivity index (χ4v) is 4.65. The van der Waals surface area contributed by atoms with Crippen molar-refractivity contribution in [2.24, 2.45) is 11.8 Å². The molecule has 7 heteroatoms. The maximum Gasteiger partial charge on any atom is 0.338 e. The van der Waals surface area contributed by atoms with Gasteiger partial charge in [0.1, 0.15) is 0 Å². The van der Waals surface area contributed by atoms with E-state index in [0.717, 1.165) is 45.4 Å². The molecule has 2 aliphatic heterocycles. The molecule has 6 nitrogen and oxygen atoms in total. The number of hydrogen-bond donors (Lipinski definition) is 1. The van der Waals surface area contributed by atoms with Gasteiger partial charge in [-0.15, -0.1) is 0 Å². The predicted molar refractivity (Wildman–Crippen MR) is 105 cm³/mol. The highest BCUT2D eigenvalue weighted by Gasteiger charge is 2.47. The quantitative estimate of drug-likeness (QED) is 0.748. The van der Waals surface area contributed by atoms with Crippen LogP contribution in [0.4, 0.5) is 0 Å². The lowest BCUT2D eigenvalue weighted by Gasteiger charge is -2.38. The molecule has 0 amide bonds. The highest BCUT2D eigenvalue weighted by molar-refractivity contribution is 6.32. The molecule has 0 bridgehead atoms. The van der Waals surface area contributed by atoms with Gasteiger partial charge in [-0.25, -0.2) is 4.79 Å². The highest BCUT2D eigenvalue weighted by atomic mass is 35.5. The first-order chi connectivity index (χ1) is 13.4. The summed E-state index contributed by atoms with van der Waals surface area (Å²) in [6.45, 7) is 6.54. The number of halogens is 1. The van der Waals surface area contributed by atoms with Crippen molar-refractivity contribution >= 4 is 17.6 Å². The van der Waals surface area contributed by atoms with Crippen molar-refractivity contribution in [3.63, 3.8) is 0 Å². The molecule has 3 aliphatic rings. The molecule has 1 aromatic carbocycles. The summed E-state index contributed by atoms with van der Waals surface area (Å²) in [6.07, 6.45) is 4.37. The standard InChI is InChI=1S/C21H28ClNO5/c1-12-16(20(24)25-3)8-17(22)19-18(12)27-21(2,28-19)14-6-4-13(5-7-14)9-23-15-10-26-11-15/h8,13-15,23H,4-7,9-11H2,1-3H3. The van der Waals surface area contributed by atoms with Gasteiger partial charge in [0.05, 0.1) is 37.0 Å². The van der Waals surface area contributed by atoms with Crippen molar-refractivity contribution in [3.8, 4) is 11.5 Å². The molecule has 0 spiro atoms. The van der Waals surface area contributed by atoms with Gasteiger partial charge < -0.3 is 24.3 Å². The first kappa shape index (κ1) is 19.8. The van der Waals surface area contributed by atoms with Crippen LogP contribution in [0.1, 0.15) is 48.5 Å². The van der Waals surface area contributed by atoms with Crippen molar-refractivity contribution in [1.29, 1.82) is 0 Å². The van der Waals surface area contributed by atoms with Crippen LogP contribution in [0.5, 0.6) is 11.5 Å². The Kier molecular flexibility index (Phi) is 5.47. The zero-order valence-electron chi connectivity index (χ0n) is 16.7. The van der Waals surface area contributed by atoms with Crippen LogP contribution in [0, 0.1) is 18.8 Å². The van der Waals surface area contributed by atoms with E-state index in [1.54, 1.807) is 6.07 Å². The smallest absolute Gasteiger partial charge is 0.338 e. The summed E-state index contributed by atoms with van der Waals surface area (Å²) >= 11 is 6.40. The largest absolute Gasteiger partial charge is 0.465 e. The first-order valence-electron chi connectivity index (χ1n) is 10.0. The SMILES string of the molecule is COC(=O)c1cc(Cl)c2c(c1C)OC(C)(C1CCC(CNC3COC3)CC1)O2. The van der Waals surface area contributed by atoms with Crippen LogP contribution < -0.4 is 14.8 Å². The zero-order valence-corrected chi connectivity index (χ0v) is 17.4. The van der Waals surface area contributed by atoms with Gasteiger partial charge in [-0.3, -0.25) is 0 Å². The maximum atomic E-state index is 12.0. The average Bonchev–Trinajstić information content (AvgIpc) is 3.03. The van der Waals surface area contributed by atoms with Crippen molar-refractivity contribution < 1.29 is 23.7 Å². The number of ether oxygens (including phenoxy) is 4. The van der Waals surface area contributed by atoms with Crippen LogP contribution in [-0.2, 0) is 9.47 Å². The number of rotatable bonds is 5. The number of esters is 1. The minimum atomic E-state index is -0.758. The summed E-state index contributed by atoms with van der Waals surface area (Å²) in [6, 6.07) is 2.13. The molecule has 1 saturated carbocycles. The molecule has 2 heterocycles. The summed E-state index contributed by atoms with van der Waals surface area (Å²) in [5, 5.41) is 3.97. The third kappa shape index (κ3) is 3.58. The number of fused-ring (bicyclic) bond motifs is 1. The Morgan fingerprint density at radius 1 is 1.25 bits per heavy atom. The Bertz CT molecular complexity index is 758. The molecule has 1 atom stereocenters. The fraction of sp³-hybridized carbons (Fsp3) is 0.667. The number of methoxy groups -OCH3 is 1. The second-order valence-electron chi connectivity index (χ2n) is 8.26. The van der Waals surface area contributed by atoms with E-state index in [4.69, 9.17) is 30.5 Å². The normalized spacial score (nSPS) is 29.4. The van der Waals surface area contributed by atoms with E-state index in [1.807, 2.05) is 13.8 Å². The van der Waals surface area contributed by atoms with Gasteiger partial charge >= 0.3 is 5.97 Å². The second-order valence-corrected chi connectivity index (χ2v) is 8.67. The molecule has 2 fully saturated rings. The Hall–Kier alpha value is -1.50. The number of carbonyl (C=O) groups is 1. The fourth-order valence-electron chi connectivity index (χ4n) is 4.41. The molecule has 1 aromatic rings. The maximum absolute atomic E-state index is 12.0. The summed E-state index contributed by atoms with van der Waals surface area (Å²) in [7, 11) is 1.36. The van der Waals surface area contributed by atoms with Crippen LogP contribution in [0.15, 0.2) is 6.07 Å². The third-order valence-electron chi connectivity index (χ3n) is 6.38. The molecule has 4 rings (SSSR count). The molecule has 1 N–H and O–H groups in total. The van der Waals surface area contributed by atoms with Gasteiger partial charge in [0.2, 0.25) is 0 Å². The van der Waals surface area contributed by atoms with Crippen LogP contribution in [0.25, 0.3) is 0 Å². The van der Waals surface area contributed by atoms with Gasteiger partial charge in [-0.1, -0.05) is 11.6 Å².